The lowest BCUT2D eigenvalue weighted by Gasteiger charge is -2.35. The van der Waals surface area contributed by atoms with Crippen molar-refractivity contribution in [2.45, 2.75) is 29.9 Å². The third kappa shape index (κ3) is 5.58. The maximum absolute atomic E-state index is 13.0. The summed E-state index contributed by atoms with van der Waals surface area (Å²) in [5.41, 5.74) is 2.26. The van der Waals surface area contributed by atoms with E-state index in [1.807, 2.05) is 17.0 Å². The normalized spacial score (nSPS) is 15.4. The number of piperazine rings is 1. The Morgan fingerprint density at radius 2 is 1.75 bits per heavy atom. The van der Waals surface area contributed by atoms with Gasteiger partial charge in [-0.05, 0) is 54.8 Å². The highest BCUT2D eigenvalue weighted by Gasteiger charge is 2.18. The first-order chi connectivity index (χ1) is 13.5. The van der Waals surface area contributed by atoms with Crippen LogP contribution in [-0.2, 0) is 11.2 Å². The van der Waals surface area contributed by atoms with Gasteiger partial charge < -0.3 is 15.2 Å². The molecule has 1 unspecified atom stereocenters. The molecule has 0 radical (unpaired) electrons. The molecular weight excluding hydrogens is 373 g/mol. The molecule has 0 bridgehead atoms. The van der Waals surface area contributed by atoms with E-state index in [0.717, 1.165) is 49.5 Å². The van der Waals surface area contributed by atoms with Crippen LogP contribution in [0.25, 0.3) is 0 Å². The van der Waals surface area contributed by atoms with Crippen LogP contribution >= 0.6 is 11.8 Å². The predicted octanol–water partition coefficient (Wildman–Crippen LogP) is 4.24. The number of hydrogen-bond acceptors (Lipinski definition) is 4. The van der Waals surface area contributed by atoms with Crippen LogP contribution in [0.1, 0.15) is 18.9 Å². The van der Waals surface area contributed by atoms with Crippen LogP contribution in [-0.4, -0.2) is 48.5 Å². The number of amides is 1. The molecule has 1 heterocycles. The van der Waals surface area contributed by atoms with Gasteiger partial charge in [0.25, 0.3) is 0 Å². The number of carbonyl (C=O) groups excluding carboxylic acids is 1. The Bertz CT molecular complexity index is 786. The second-order valence-electron chi connectivity index (χ2n) is 6.98. The predicted molar refractivity (Wildman–Crippen MR) is 114 cm³/mol. The summed E-state index contributed by atoms with van der Waals surface area (Å²) in [6.07, 6.45) is 3.16. The van der Waals surface area contributed by atoms with Crippen LogP contribution < -0.4 is 4.90 Å². The van der Waals surface area contributed by atoms with Gasteiger partial charge in [-0.15, -0.1) is 11.8 Å². The van der Waals surface area contributed by atoms with Gasteiger partial charge in [0.15, 0.2) is 0 Å². The summed E-state index contributed by atoms with van der Waals surface area (Å²) < 4.78 is 13.0. The number of halogens is 1. The third-order valence-electron chi connectivity index (χ3n) is 5.03. The molecule has 28 heavy (non-hydrogen) atoms. The molecule has 4 nitrogen and oxygen atoms in total. The van der Waals surface area contributed by atoms with Gasteiger partial charge in [-0.3, -0.25) is 4.79 Å². The van der Waals surface area contributed by atoms with Gasteiger partial charge >= 0.3 is 0 Å². The van der Waals surface area contributed by atoms with E-state index < -0.39 is 0 Å². The molecule has 1 saturated heterocycles. The number of nitrogens with one attached hydrogen (secondary N) is 1. The van der Waals surface area contributed by atoms with Gasteiger partial charge in [0.2, 0.25) is 5.91 Å². The van der Waals surface area contributed by atoms with E-state index in [4.69, 9.17) is 5.41 Å². The SMILES string of the molecule is CC(=O)N1CCN(c2ccc(SC(C=N)CCc3ccc(F)cc3)cc2)CC1. The maximum Gasteiger partial charge on any atom is 0.219 e. The first kappa shape index (κ1) is 20.4. The van der Waals surface area contributed by atoms with E-state index in [9.17, 15) is 9.18 Å². The maximum atomic E-state index is 13.0. The third-order valence-corrected chi connectivity index (χ3v) is 6.25. The summed E-state index contributed by atoms with van der Waals surface area (Å²) in [4.78, 5) is 16.8. The van der Waals surface area contributed by atoms with E-state index in [1.165, 1.54) is 24.0 Å². The molecule has 1 amide bonds. The fraction of sp³-hybridized carbons (Fsp3) is 0.364. The molecule has 148 valence electrons. The Kier molecular flexibility index (Phi) is 7.09. The van der Waals surface area contributed by atoms with Gasteiger partial charge in [-0.2, -0.15) is 0 Å². The van der Waals surface area contributed by atoms with Gasteiger partial charge in [0.05, 0.1) is 0 Å². The number of benzene rings is 2. The molecule has 2 aromatic rings. The summed E-state index contributed by atoms with van der Waals surface area (Å²) in [6, 6.07) is 15.0. The van der Waals surface area contributed by atoms with Crippen LogP contribution in [0.4, 0.5) is 10.1 Å². The van der Waals surface area contributed by atoms with Crippen molar-refractivity contribution < 1.29 is 9.18 Å². The molecule has 2 aromatic carbocycles. The number of rotatable bonds is 7. The van der Waals surface area contributed by atoms with Crippen molar-refractivity contribution in [3.8, 4) is 0 Å². The summed E-state index contributed by atoms with van der Waals surface area (Å²) in [7, 11) is 0. The van der Waals surface area contributed by atoms with Gasteiger partial charge in [-0.25, -0.2) is 4.39 Å². The lowest BCUT2D eigenvalue weighted by Crippen LogP contribution is -2.48. The van der Waals surface area contributed by atoms with Crippen molar-refractivity contribution in [1.29, 1.82) is 5.41 Å². The second kappa shape index (κ2) is 9.73. The molecule has 1 aliphatic rings. The molecule has 0 aliphatic carbocycles. The van der Waals surface area contributed by atoms with Crippen molar-refractivity contribution in [3.63, 3.8) is 0 Å². The van der Waals surface area contributed by atoms with E-state index in [1.54, 1.807) is 18.7 Å². The van der Waals surface area contributed by atoms with Crippen molar-refractivity contribution in [2.75, 3.05) is 31.1 Å². The molecule has 1 atom stereocenters. The standard InChI is InChI=1S/C22H26FN3OS/c1-17(27)25-12-14-26(15-13-25)20-7-10-21(11-8-20)28-22(16-24)9-4-18-2-5-19(23)6-3-18/h2-3,5-8,10-11,16,22,24H,4,9,12-15H2,1H3. The van der Waals surface area contributed by atoms with Gasteiger partial charge in [-0.1, -0.05) is 12.1 Å². The summed E-state index contributed by atoms with van der Waals surface area (Å²) in [6.45, 7) is 4.87. The zero-order valence-electron chi connectivity index (χ0n) is 16.1. The number of thioether (sulfide) groups is 1. The summed E-state index contributed by atoms with van der Waals surface area (Å²) in [5, 5.41) is 7.81. The van der Waals surface area contributed by atoms with Crippen LogP contribution in [0.3, 0.4) is 0 Å². The Balaban J connectivity index is 1.51. The number of carbonyl (C=O) groups is 1. The lowest BCUT2D eigenvalue weighted by atomic mass is 10.1. The van der Waals surface area contributed by atoms with E-state index >= 15 is 0 Å². The van der Waals surface area contributed by atoms with Crippen LogP contribution in [0.5, 0.6) is 0 Å². The smallest absolute Gasteiger partial charge is 0.219 e. The van der Waals surface area contributed by atoms with Crippen molar-refractivity contribution >= 4 is 29.6 Å². The Hall–Kier alpha value is -2.34. The van der Waals surface area contributed by atoms with E-state index in [0.29, 0.717) is 0 Å². The quantitative estimate of drug-likeness (QED) is 0.560. The highest BCUT2D eigenvalue weighted by molar-refractivity contribution is 8.00. The zero-order chi connectivity index (χ0) is 19.9. The number of hydrogen-bond donors (Lipinski definition) is 1. The van der Waals surface area contributed by atoms with Crippen molar-refractivity contribution in [2.24, 2.45) is 0 Å². The summed E-state index contributed by atoms with van der Waals surface area (Å²) >= 11 is 1.68. The zero-order valence-corrected chi connectivity index (χ0v) is 16.9. The lowest BCUT2D eigenvalue weighted by molar-refractivity contribution is -0.129. The Labute approximate surface area is 170 Å². The topological polar surface area (TPSA) is 47.4 Å². The molecule has 0 spiro atoms. The van der Waals surface area contributed by atoms with Gasteiger partial charge in [0.1, 0.15) is 5.82 Å². The van der Waals surface area contributed by atoms with E-state index in [2.05, 4.69) is 29.2 Å². The summed E-state index contributed by atoms with van der Waals surface area (Å²) in [5.74, 6) is -0.0748. The minimum absolute atomic E-state index is 0.0926. The van der Waals surface area contributed by atoms with Crippen LogP contribution in [0, 0.1) is 11.2 Å². The Morgan fingerprint density at radius 1 is 1.11 bits per heavy atom. The van der Waals surface area contributed by atoms with Crippen molar-refractivity contribution in [3.05, 3.63) is 59.9 Å². The number of anilines is 1. The van der Waals surface area contributed by atoms with Gasteiger partial charge in [0, 0.05) is 55.2 Å². The first-order valence-corrected chi connectivity index (χ1v) is 10.5. The molecule has 1 N–H and O–H groups in total. The average Bonchev–Trinajstić information content (AvgIpc) is 2.73. The highest BCUT2D eigenvalue weighted by Crippen LogP contribution is 2.28. The Morgan fingerprint density at radius 3 is 2.32 bits per heavy atom. The van der Waals surface area contributed by atoms with Crippen LogP contribution in [0.15, 0.2) is 53.4 Å². The molecule has 0 aromatic heterocycles. The number of nitrogens with zero attached hydrogens (tertiary/aromatic N) is 2. The largest absolute Gasteiger partial charge is 0.368 e. The first-order valence-electron chi connectivity index (χ1n) is 9.57. The minimum atomic E-state index is -0.218. The second-order valence-corrected chi connectivity index (χ2v) is 8.29. The molecule has 1 fully saturated rings. The fourth-order valence-electron chi connectivity index (χ4n) is 3.33. The monoisotopic (exact) mass is 399 g/mol. The van der Waals surface area contributed by atoms with Crippen molar-refractivity contribution in [1.82, 2.24) is 4.90 Å². The molecule has 6 heteroatoms. The van der Waals surface area contributed by atoms with E-state index in [-0.39, 0.29) is 17.0 Å². The highest BCUT2D eigenvalue weighted by atomic mass is 32.2. The molecule has 3 rings (SSSR count). The number of aryl methyl sites for hydroxylation is 1. The molecule has 1 aliphatic heterocycles. The molecular formula is C22H26FN3OS. The molecule has 0 saturated carbocycles. The van der Waals surface area contributed by atoms with Crippen LogP contribution in [0.2, 0.25) is 0 Å². The average molecular weight is 400 g/mol. The minimum Gasteiger partial charge on any atom is -0.368 e. The fourth-order valence-corrected chi connectivity index (χ4v) is 4.27.